The standard InChI is InChI=1S/C50H78N18O15S2/c1-21-33(65-43(68-41(21)54)26(14-31(53)71)60-15-25(52)42(55)76)47(80)67-35(40(27-16-57-20-61-27)83-50-39(75)38(74)37(73)30(17-69)82-50)48(81)62-23(3)36(72)22(2)44(77)66-34(24(4)70)46(79)59-13-8-32-63-29(19-84-32)49-64-28(18-85-49)45(78)58-12-7-11-56-10-6-5-9-51/h16,18-20,22-26,30,34-40,50,56,60,69-70,72-75H,5-15,17,51-52H2,1-4H3,(H2,53,71)(H2,55,76)(H,57,61)(H,58,78)(H,59,79)(H,62,81)(H,66,77)(H,67,80)(H2,54,65,68)/t22-,23+,24+,25-,26-,30+,34-,35-,36-,37+,38-,39-,40-,50+/m0/s1. The van der Waals surface area contributed by atoms with Crippen LogP contribution >= 0.6 is 22.7 Å². The van der Waals surface area contributed by atoms with Gasteiger partial charge in [-0.25, -0.2) is 24.9 Å². The van der Waals surface area contributed by atoms with E-state index in [9.17, 15) is 64.2 Å². The van der Waals surface area contributed by atoms with Crippen molar-refractivity contribution in [1.82, 2.24) is 67.1 Å². The average molecular weight is 1240 g/mol. The monoisotopic (exact) mass is 1230 g/mol. The van der Waals surface area contributed by atoms with Gasteiger partial charge in [-0.3, -0.25) is 33.6 Å². The zero-order valence-electron chi connectivity index (χ0n) is 47.2. The molecule has 1 aliphatic rings. The number of anilines is 1. The Hall–Kier alpha value is -6.84. The van der Waals surface area contributed by atoms with E-state index in [4.69, 9.17) is 38.1 Å². The molecule has 0 unspecified atom stereocenters. The summed E-state index contributed by atoms with van der Waals surface area (Å²) < 4.78 is 11.7. The number of nitrogens with one attached hydrogen (secondary N) is 8. The number of primary amides is 2. The third-order valence-corrected chi connectivity index (χ3v) is 15.3. The number of thiazole rings is 2. The van der Waals surface area contributed by atoms with Gasteiger partial charge in [0.15, 0.2) is 6.29 Å². The van der Waals surface area contributed by atoms with Gasteiger partial charge < -0.3 is 111 Å². The molecule has 0 radical (unpaired) electrons. The van der Waals surface area contributed by atoms with Crippen molar-refractivity contribution in [2.45, 2.75) is 139 Å². The quantitative estimate of drug-likeness (QED) is 0.0191. The molecule has 0 bridgehead atoms. The van der Waals surface area contributed by atoms with Crippen molar-refractivity contribution >= 4 is 69.8 Å². The van der Waals surface area contributed by atoms with Gasteiger partial charge in [0.1, 0.15) is 76.3 Å². The molecular weight excluding hydrogens is 1160 g/mol. The molecule has 1 aliphatic heterocycles. The van der Waals surface area contributed by atoms with Crippen LogP contribution < -0.4 is 65.9 Å². The first-order valence-corrected chi connectivity index (χ1v) is 28.9. The molecule has 35 heteroatoms. The number of unbranched alkanes of at least 4 members (excludes halogenated alkanes) is 1. The van der Waals surface area contributed by atoms with E-state index in [1.807, 2.05) is 0 Å². The van der Waals surface area contributed by atoms with Crippen molar-refractivity contribution in [2.24, 2.45) is 28.9 Å². The highest BCUT2D eigenvalue weighted by atomic mass is 32.1. The zero-order valence-corrected chi connectivity index (χ0v) is 48.8. The number of nitrogen functional groups attached to an aromatic ring is 1. The molecule has 85 heavy (non-hydrogen) atoms. The summed E-state index contributed by atoms with van der Waals surface area (Å²) in [5.41, 5.74) is 28.5. The summed E-state index contributed by atoms with van der Waals surface area (Å²) in [5, 5.41) is 88.0. The van der Waals surface area contributed by atoms with Gasteiger partial charge in [0.2, 0.25) is 29.5 Å². The number of H-pyrrole nitrogens is 1. The van der Waals surface area contributed by atoms with E-state index in [0.717, 1.165) is 44.9 Å². The van der Waals surface area contributed by atoms with Crippen LogP contribution in [0.15, 0.2) is 23.3 Å². The van der Waals surface area contributed by atoms with Crippen molar-refractivity contribution in [3.63, 3.8) is 0 Å². The lowest BCUT2D eigenvalue weighted by molar-refractivity contribution is -0.313. The molecule has 24 N–H and O–H groups in total. The first-order chi connectivity index (χ1) is 40.4. The van der Waals surface area contributed by atoms with Crippen molar-refractivity contribution in [1.29, 1.82) is 0 Å². The molecule has 1 saturated heterocycles. The largest absolute Gasteiger partial charge is 0.394 e. The van der Waals surface area contributed by atoms with Crippen molar-refractivity contribution < 1.29 is 73.7 Å². The lowest BCUT2D eigenvalue weighted by Gasteiger charge is -2.41. The molecular formula is C50H78N18O15S2. The minimum absolute atomic E-state index is 0.0306. The second-order valence-corrected chi connectivity index (χ2v) is 22.0. The van der Waals surface area contributed by atoms with Crippen molar-refractivity contribution in [3.05, 3.63) is 56.8 Å². The first-order valence-electron chi connectivity index (χ1n) is 27.2. The minimum atomic E-state index is -2.03. The number of imidazole rings is 1. The van der Waals surface area contributed by atoms with Gasteiger partial charge in [-0.15, -0.1) is 22.7 Å². The van der Waals surface area contributed by atoms with Crippen LogP contribution in [-0.4, -0.2) is 215 Å². The van der Waals surface area contributed by atoms with Crippen LogP contribution in [0, 0.1) is 12.8 Å². The number of rotatable bonds is 35. The predicted octanol–water partition coefficient (Wildman–Crippen LogP) is -6.18. The van der Waals surface area contributed by atoms with Gasteiger partial charge in [-0.05, 0) is 59.7 Å². The van der Waals surface area contributed by atoms with Crippen LogP contribution in [0.25, 0.3) is 10.7 Å². The Morgan fingerprint density at radius 2 is 1.55 bits per heavy atom. The molecule has 0 saturated carbocycles. The van der Waals surface area contributed by atoms with Gasteiger partial charge in [-0.2, -0.15) is 0 Å². The summed E-state index contributed by atoms with van der Waals surface area (Å²) in [6.07, 6.45) is -9.49. The summed E-state index contributed by atoms with van der Waals surface area (Å²) in [6.45, 7) is 6.79. The number of aromatic amines is 1. The molecule has 1 fully saturated rings. The Kier molecular flexibility index (Phi) is 26.9. The van der Waals surface area contributed by atoms with Crippen LogP contribution in [0.5, 0.6) is 0 Å². The summed E-state index contributed by atoms with van der Waals surface area (Å²) in [5.74, 6) is -8.06. The summed E-state index contributed by atoms with van der Waals surface area (Å²) in [7, 11) is 0. The Bertz CT molecular complexity index is 2850. The van der Waals surface area contributed by atoms with Crippen LogP contribution in [0.2, 0.25) is 0 Å². The predicted molar refractivity (Wildman–Crippen MR) is 305 cm³/mol. The fourth-order valence-corrected chi connectivity index (χ4v) is 10.1. The Labute approximate surface area is 495 Å². The maximum atomic E-state index is 14.7. The fraction of sp³-hybridized carbons (Fsp3) is 0.600. The number of aromatic nitrogens is 6. The first kappa shape index (κ1) is 68.9. The number of hydrogen-bond donors (Lipinski definition) is 19. The molecule has 4 aromatic heterocycles. The molecule has 33 nitrogen and oxygen atoms in total. The van der Waals surface area contributed by atoms with Crippen LogP contribution in [-0.2, 0) is 39.9 Å². The Morgan fingerprint density at radius 1 is 0.824 bits per heavy atom. The van der Waals surface area contributed by atoms with E-state index in [-0.39, 0.29) is 54.0 Å². The molecule has 14 atom stereocenters. The topological polar surface area (TPSA) is 554 Å². The smallest absolute Gasteiger partial charge is 0.271 e. The highest BCUT2D eigenvalue weighted by Crippen LogP contribution is 2.31. The number of aliphatic hydroxyl groups is 6. The van der Waals surface area contributed by atoms with Gasteiger partial charge in [0, 0.05) is 48.8 Å². The molecule has 5 rings (SSSR count). The second kappa shape index (κ2) is 33.2. The van der Waals surface area contributed by atoms with Gasteiger partial charge in [-0.1, -0.05) is 6.92 Å². The lowest BCUT2D eigenvalue weighted by Crippen LogP contribution is -2.61. The molecule has 470 valence electrons. The number of ether oxygens (including phenoxy) is 2. The molecule has 0 aliphatic carbocycles. The number of carbonyl (C=O) groups is 7. The Morgan fingerprint density at radius 3 is 2.21 bits per heavy atom. The Balaban J connectivity index is 1.28. The number of carbonyl (C=O) groups excluding carboxylic acids is 7. The third-order valence-electron chi connectivity index (χ3n) is 13.5. The fourth-order valence-electron chi connectivity index (χ4n) is 8.45. The molecule has 4 aromatic rings. The summed E-state index contributed by atoms with van der Waals surface area (Å²) in [4.78, 5) is 117. The van der Waals surface area contributed by atoms with E-state index < -0.39 is 139 Å². The highest BCUT2D eigenvalue weighted by molar-refractivity contribution is 7.14. The van der Waals surface area contributed by atoms with Gasteiger partial charge in [0.25, 0.3) is 11.8 Å². The van der Waals surface area contributed by atoms with Gasteiger partial charge >= 0.3 is 0 Å². The lowest BCUT2D eigenvalue weighted by atomic mass is 9.96. The normalized spacial score (nSPS) is 20.1. The number of nitrogens with two attached hydrogens (primary N) is 5. The van der Waals surface area contributed by atoms with E-state index >= 15 is 0 Å². The number of aliphatic hydroxyl groups excluding tert-OH is 6. The minimum Gasteiger partial charge on any atom is -0.394 e. The third kappa shape index (κ3) is 19.6. The van der Waals surface area contributed by atoms with E-state index in [2.05, 4.69) is 67.1 Å². The van der Waals surface area contributed by atoms with E-state index in [1.54, 1.807) is 10.8 Å². The van der Waals surface area contributed by atoms with Crippen molar-refractivity contribution in [3.8, 4) is 10.7 Å². The van der Waals surface area contributed by atoms with Crippen molar-refractivity contribution in [2.75, 3.05) is 51.6 Å². The zero-order chi connectivity index (χ0) is 62.7. The van der Waals surface area contributed by atoms with Crippen LogP contribution in [0.1, 0.15) is 102 Å². The average Bonchev–Trinajstić information content (AvgIpc) is 4.32. The maximum absolute atomic E-state index is 14.7. The summed E-state index contributed by atoms with van der Waals surface area (Å²) >= 11 is 2.55. The molecule has 7 amide bonds. The SMILES string of the molecule is Cc1c(N)nc([C@H](CC(N)=O)NC[C@H](N)C(N)=O)nc1C(=O)N[C@H](C(=O)N[C@H](C)[C@@H](O)[C@H](C)C(=O)N[C@H](C(=O)NCCc1nc(-c2nc(C(=O)NCCCNCCCCN)cs2)cs1)[C@@H](C)O)[C@@H](O[C@H]1O[C@H](CO)[C@@H](O)[C@H](O)[C@@H]1O)c1cnc[nH]1. The number of amides is 7. The maximum Gasteiger partial charge on any atom is 0.271 e. The molecule has 0 aromatic carbocycles. The summed E-state index contributed by atoms with van der Waals surface area (Å²) in [6, 6.07) is -7.35. The second-order valence-electron chi connectivity index (χ2n) is 20.2. The molecule has 5 heterocycles. The number of nitrogens with zero attached hydrogens (tertiary/aromatic N) is 5. The van der Waals surface area contributed by atoms with E-state index in [1.165, 1.54) is 50.4 Å². The molecule has 0 spiro atoms. The highest BCUT2D eigenvalue weighted by Gasteiger charge is 2.47. The van der Waals surface area contributed by atoms with Crippen LogP contribution in [0.4, 0.5) is 5.82 Å². The van der Waals surface area contributed by atoms with E-state index in [0.29, 0.717) is 28.8 Å². The number of hydrogen-bond acceptors (Lipinski definition) is 27. The van der Waals surface area contributed by atoms with Crippen LogP contribution in [0.3, 0.4) is 0 Å². The van der Waals surface area contributed by atoms with Gasteiger partial charge in [0.05, 0.1) is 66.1 Å².